The molecule has 0 saturated carbocycles. The van der Waals surface area contributed by atoms with Gasteiger partial charge in [-0.2, -0.15) is 0 Å². The summed E-state index contributed by atoms with van der Waals surface area (Å²) in [6, 6.07) is 2.86. The normalized spacial score (nSPS) is 21.1. The lowest BCUT2D eigenvalue weighted by molar-refractivity contribution is 0.0696. The van der Waals surface area contributed by atoms with Crippen LogP contribution < -0.4 is 10.6 Å². The van der Waals surface area contributed by atoms with Crippen LogP contribution in [0.3, 0.4) is 0 Å². The van der Waals surface area contributed by atoms with E-state index in [1.165, 1.54) is 6.07 Å². The maximum absolute atomic E-state index is 12.0. The van der Waals surface area contributed by atoms with Gasteiger partial charge in [0, 0.05) is 12.3 Å². The van der Waals surface area contributed by atoms with Crippen molar-refractivity contribution in [3.8, 4) is 0 Å². The Morgan fingerprint density at radius 3 is 2.62 bits per heavy atom. The zero-order valence-electron chi connectivity index (χ0n) is 12.4. The van der Waals surface area contributed by atoms with Crippen molar-refractivity contribution >= 4 is 17.7 Å². The van der Waals surface area contributed by atoms with Gasteiger partial charge in [0.15, 0.2) is 0 Å². The van der Waals surface area contributed by atoms with E-state index in [9.17, 15) is 9.59 Å². The van der Waals surface area contributed by atoms with Gasteiger partial charge in [0.1, 0.15) is 0 Å². The molecule has 1 aromatic carbocycles. The first-order chi connectivity index (χ1) is 9.88. The summed E-state index contributed by atoms with van der Waals surface area (Å²) in [5.41, 5.74) is 2.19. The molecule has 6 heteroatoms. The summed E-state index contributed by atoms with van der Waals surface area (Å²) in [6.45, 7) is 6.12. The molecule has 3 N–H and O–H groups in total. The van der Waals surface area contributed by atoms with Crippen molar-refractivity contribution in [2.75, 3.05) is 11.9 Å². The topological polar surface area (TPSA) is 87.7 Å². The summed E-state index contributed by atoms with van der Waals surface area (Å²) in [7, 11) is 0. The van der Waals surface area contributed by atoms with Crippen molar-refractivity contribution < 1.29 is 19.4 Å². The number of benzene rings is 1. The molecule has 0 bridgehead atoms. The molecule has 1 aromatic rings. The number of hydrogen-bond donors (Lipinski definition) is 3. The second kappa shape index (κ2) is 6.13. The van der Waals surface area contributed by atoms with Gasteiger partial charge >= 0.3 is 12.0 Å². The molecule has 0 aliphatic carbocycles. The Morgan fingerprint density at radius 1 is 1.33 bits per heavy atom. The van der Waals surface area contributed by atoms with Gasteiger partial charge in [-0.25, -0.2) is 9.59 Å². The Kier molecular flexibility index (Phi) is 4.47. The summed E-state index contributed by atoms with van der Waals surface area (Å²) >= 11 is 0. The SMILES string of the molecule is Cc1cc(NC(=O)NC2CCOC2C)cc(C(=O)O)c1C. The largest absolute Gasteiger partial charge is 0.478 e. The van der Waals surface area contributed by atoms with Crippen LogP contribution in [-0.4, -0.2) is 35.9 Å². The number of carbonyl (C=O) groups is 2. The average Bonchev–Trinajstić information content (AvgIpc) is 2.78. The van der Waals surface area contributed by atoms with Crippen molar-refractivity contribution in [1.29, 1.82) is 0 Å². The van der Waals surface area contributed by atoms with Gasteiger partial charge in [0.25, 0.3) is 0 Å². The molecule has 21 heavy (non-hydrogen) atoms. The third-order valence-corrected chi connectivity index (χ3v) is 3.85. The van der Waals surface area contributed by atoms with Gasteiger partial charge in [0.2, 0.25) is 0 Å². The van der Waals surface area contributed by atoms with E-state index in [-0.39, 0.29) is 23.7 Å². The molecule has 1 heterocycles. The quantitative estimate of drug-likeness (QED) is 0.797. The molecule has 0 spiro atoms. The number of nitrogens with one attached hydrogen (secondary N) is 2. The van der Waals surface area contributed by atoms with E-state index in [0.717, 1.165) is 12.0 Å². The van der Waals surface area contributed by atoms with Gasteiger partial charge in [-0.3, -0.25) is 0 Å². The zero-order valence-corrected chi connectivity index (χ0v) is 12.4. The fourth-order valence-electron chi connectivity index (χ4n) is 2.41. The third-order valence-electron chi connectivity index (χ3n) is 3.85. The molecular formula is C15H20N2O4. The van der Waals surface area contributed by atoms with Crippen molar-refractivity contribution in [3.63, 3.8) is 0 Å². The van der Waals surface area contributed by atoms with Crippen LogP contribution in [0.5, 0.6) is 0 Å². The van der Waals surface area contributed by atoms with Crippen molar-refractivity contribution in [3.05, 3.63) is 28.8 Å². The number of rotatable bonds is 3. The van der Waals surface area contributed by atoms with Gasteiger partial charge in [-0.05, 0) is 50.5 Å². The molecule has 1 aliphatic rings. The van der Waals surface area contributed by atoms with Crippen LogP contribution in [0.25, 0.3) is 0 Å². The fraction of sp³-hybridized carbons (Fsp3) is 0.467. The summed E-state index contributed by atoms with van der Waals surface area (Å²) in [5, 5.41) is 14.7. The van der Waals surface area contributed by atoms with Crippen LogP contribution in [0, 0.1) is 13.8 Å². The van der Waals surface area contributed by atoms with Gasteiger partial charge in [-0.15, -0.1) is 0 Å². The number of anilines is 1. The van der Waals surface area contributed by atoms with E-state index in [2.05, 4.69) is 10.6 Å². The lowest BCUT2D eigenvalue weighted by Gasteiger charge is -2.17. The van der Waals surface area contributed by atoms with Crippen LogP contribution in [0.1, 0.15) is 34.8 Å². The van der Waals surface area contributed by atoms with Gasteiger partial charge in [-0.1, -0.05) is 0 Å². The Morgan fingerprint density at radius 2 is 2.05 bits per heavy atom. The number of carboxylic acids is 1. The van der Waals surface area contributed by atoms with E-state index in [1.54, 1.807) is 13.0 Å². The van der Waals surface area contributed by atoms with Gasteiger partial charge in [0.05, 0.1) is 17.7 Å². The number of carbonyl (C=O) groups excluding carboxylic acids is 1. The number of aromatic carboxylic acids is 1. The molecule has 1 saturated heterocycles. The smallest absolute Gasteiger partial charge is 0.336 e. The molecule has 1 fully saturated rings. The summed E-state index contributed by atoms with van der Waals surface area (Å²) < 4.78 is 5.38. The van der Waals surface area contributed by atoms with E-state index in [1.807, 2.05) is 13.8 Å². The summed E-state index contributed by atoms with van der Waals surface area (Å²) in [4.78, 5) is 23.2. The van der Waals surface area contributed by atoms with Gasteiger partial charge < -0.3 is 20.5 Å². The summed E-state index contributed by atoms with van der Waals surface area (Å²) in [6.07, 6.45) is 0.770. The predicted molar refractivity (Wildman–Crippen MR) is 78.8 cm³/mol. The molecule has 2 unspecified atom stereocenters. The Balaban J connectivity index is 2.08. The lowest BCUT2D eigenvalue weighted by atomic mass is 10.0. The van der Waals surface area contributed by atoms with E-state index in [4.69, 9.17) is 9.84 Å². The zero-order chi connectivity index (χ0) is 15.6. The molecule has 0 aromatic heterocycles. The fourth-order valence-corrected chi connectivity index (χ4v) is 2.41. The van der Waals surface area contributed by atoms with E-state index in [0.29, 0.717) is 17.9 Å². The van der Waals surface area contributed by atoms with Crippen LogP contribution in [0.15, 0.2) is 12.1 Å². The van der Waals surface area contributed by atoms with Crippen LogP contribution in [-0.2, 0) is 4.74 Å². The maximum atomic E-state index is 12.0. The highest BCUT2D eigenvalue weighted by molar-refractivity contribution is 5.94. The molecule has 2 rings (SSSR count). The minimum atomic E-state index is -1.00. The first-order valence-electron chi connectivity index (χ1n) is 6.92. The van der Waals surface area contributed by atoms with E-state index < -0.39 is 5.97 Å². The Bertz CT molecular complexity index is 571. The Labute approximate surface area is 123 Å². The molecule has 6 nitrogen and oxygen atoms in total. The van der Waals surface area contributed by atoms with Crippen LogP contribution in [0.2, 0.25) is 0 Å². The maximum Gasteiger partial charge on any atom is 0.336 e. The van der Waals surface area contributed by atoms with Crippen LogP contribution in [0.4, 0.5) is 10.5 Å². The highest BCUT2D eigenvalue weighted by Crippen LogP contribution is 2.20. The second-order valence-electron chi connectivity index (χ2n) is 5.34. The second-order valence-corrected chi connectivity index (χ2v) is 5.34. The minimum Gasteiger partial charge on any atom is -0.478 e. The Hall–Kier alpha value is -2.08. The highest BCUT2D eigenvalue weighted by Gasteiger charge is 2.25. The molecule has 1 aliphatic heterocycles. The standard InChI is InChI=1S/C15H20N2O4/c1-8-6-11(7-12(9(8)2)14(18)19)16-15(20)17-13-4-5-21-10(13)3/h6-7,10,13H,4-5H2,1-3H3,(H,18,19)(H2,16,17,20). The molecule has 2 atom stereocenters. The monoisotopic (exact) mass is 292 g/mol. The number of aryl methyl sites for hydroxylation is 1. The number of ether oxygens (including phenoxy) is 1. The van der Waals surface area contributed by atoms with Crippen molar-refractivity contribution in [2.45, 2.75) is 39.3 Å². The van der Waals surface area contributed by atoms with Crippen LogP contribution >= 0.6 is 0 Å². The average molecular weight is 292 g/mol. The molecule has 2 amide bonds. The molecular weight excluding hydrogens is 272 g/mol. The van der Waals surface area contributed by atoms with Crippen molar-refractivity contribution in [2.24, 2.45) is 0 Å². The first kappa shape index (κ1) is 15.3. The molecule has 0 radical (unpaired) electrons. The summed E-state index contributed by atoms with van der Waals surface area (Å²) in [5.74, 6) is -1.00. The van der Waals surface area contributed by atoms with Crippen molar-refractivity contribution in [1.82, 2.24) is 5.32 Å². The van der Waals surface area contributed by atoms with E-state index >= 15 is 0 Å². The number of amides is 2. The number of urea groups is 1. The number of hydrogen-bond acceptors (Lipinski definition) is 3. The first-order valence-corrected chi connectivity index (χ1v) is 6.92. The lowest BCUT2D eigenvalue weighted by Crippen LogP contribution is -2.41. The third kappa shape index (κ3) is 3.52. The predicted octanol–water partition coefficient (Wildman–Crippen LogP) is 2.30. The minimum absolute atomic E-state index is 0.00918. The molecule has 114 valence electrons. The number of carboxylic acid groups (broad SMARTS) is 1. The highest BCUT2D eigenvalue weighted by atomic mass is 16.5.